The molecular weight excluding hydrogens is 508 g/mol. The maximum atomic E-state index is 13.9. The van der Waals surface area contributed by atoms with Crippen LogP contribution in [-0.4, -0.2) is 43.5 Å². The second-order valence-corrected chi connectivity index (χ2v) is 11.4. The van der Waals surface area contributed by atoms with Crippen molar-refractivity contribution in [3.8, 4) is 0 Å². The third-order valence-corrected chi connectivity index (χ3v) is 7.13. The molecule has 0 fully saturated rings. The quantitative estimate of drug-likeness (QED) is 0.521. The number of rotatable bonds is 6. The van der Waals surface area contributed by atoms with Crippen molar-refractivity contribution >= 4 is 45.1 Å². The molecular formula is C24H27BrN2O5S. The largest absolute Gasteiger partial charge is 0.479 e. The van der Waals surface area contributed by atoms with E-state index in [0.29, 0.717) is 5.01 Å². The Labute approximate surface area is 205 Å². The Morgan fingerprint density at radius 2 is 1.91 bits per heavy atom. The molecule has 1 aromatic heterocycles. The minimum Gasteiger partial charge on any atom is -0.479 e. The normalized spacial score (nSPS) is 20.8. The molecule has 9 heteroatoms. The summed E-state index contributed by atoms with van der Waals surface area (Å²) in [6, 6.07) is 4.06. The molecule has 176 valence electrons. The number of aromatic nitrogens is 1. The van der Waals surface area contributed by atoms with Crippen molar-refractivity contribution in [1.82, 2.24) is 9.88 Å². The van der Waals surface area contributed by atoms with Crippen LogP contribution in [0.25, 0.3) is 0 Å². The number of nitrogens with zero attached hydrogens (tertiary/aromatic N) is 2. The van der Waals surface area contributed by atoms with Gasteiger partial charge in [0.15, 0.2) is 5.54 Å². The van der Waals surface area contributed by atoms with E-state index in [4.69, 9.17) is 0 Å². The maximum Gasteiger partial charge on any atom is 0.333 e. The summed E-state index contributed by atoms with van der Waals surface area (Å²) in [5, 5.41) is 22.3. The highest BCUT2D eigenvalue weighted by Gasteiger charge is 2.56. The van der Waals surface area contributed by atoms with Crippen molar-refractivity contribution in [3.05, 3.63) is 62.0 Å². The highest BCUT2D eigenvalue weighted by Crippen LogP contribution is 2.47. The minimum absolute atomic E-state index is 0.0635. The Hall–Kier alpha value is -2.52. The Morgan fingerprint density at radius 1 is 1.24 bits per heavy atom. The zero-order chi connectivity index (χ0) is 24.7. The van der Waals surface area contributed by atoms with Crippen LogP contribution in [0.4, 0.5) is 0 Å². The molecule has 1 unspecified atom stereocenters. The predicted octanol–water partition coefficient (Wildman–Crippen LogP) is 5.28. The van der Waals surface area contributed by atoms with Crippen molar-refractivity contribution < 1.29 is 24.6 Å². The number of carboxylic acids is 2. The molecule has 7 nitrogen and oxygen atoms in total. The molecule has 1 aliphatic heterocycles. The number of halogens is 1. The summed E-state index contributed by atoms with van der Waals surface area (Å²) >= 11 is 4.73. The van der Waals surface area contributed by atoms with Gasteiger partial charge in [-0.05, 0) is 41.5 Å². The van der Waals surface area contributed by atoms with E-state index in [2.05, 4.69) is 41.7 Å². The molecule has 2 N–H and O–H groups in total. The van der Waals surface area contributed by atoms with Crippen molar-refractivity contribution in [1.29, 1.82) is 0 Å². The van der Waals surface area contributed by atoms with Crippen LogP contribution in [0.1, 0.15) is 68.0 Å². The van der Waals surface area contributed by atoms with Gasteiger partial charge >= 0.3 is 11.9 Å². The Balaban J connectivity index is 2.23. The summed E-state index contributed by atoms with van der Waals surface area (Å²) in [7, 11) is 0. The van der Waals surface area contributed by atoms with Gasteiger partial charge in [-0.1, -0.05) is 56.6 Å². The minimum atomic E-state index is -1.81. The van der Waals surface area contributed by atoms with Gasteiger partial charge in [0, 0.05) is 21.6 Å². The molecule has 2 atom stereocenters. The van der Waals surface area contributed by atoms with Gasteiger partial charge in [0.05, 0.1) is 5.57 Å². The summed E-state index contributed by atoms with van der Waals surface area (Å²) in [6.45, 7) is 9.83. The third-order valence-electron chi connectivity index (χ3n) is 5.64. The molecule has 0 spiro atoms. The van der Waals surface area contributed by atoms with E-state index in [1.54, 1.807) is 17.5 Å². The first-order chi connectivity index (χ1) is 15.3. The lowest BCUT2D eigenvalue weighted by Gasteiger charge is -2.38. The summed E-state index contributed by atoms with van der Waals surface area (Å²) in [4.78, 5) is 44.2. The highest BCUT2D eigenvalue weighted by molar-refractivity contribution is 9.10. The van der Waals surface area contributed by atoms with Crippen LogP contribution in [0.5, 0.6) is 0 Å². The zero-order valence-corrected chi connectivity index (χ0v) is 21.5. The number of thiazole rings is 1. The number of hydrogen-bond acceptors (Lipinski definition) is 5. The molecule has 33 heavy (non-hydrogen) atoms. The number of benzene rings is 1. The van der Waals surface area contributed by atoms with E-state index in [0.717, 1.165) is 10.0 Å². The Bertz CT molecular complexity index is 1120. The molecule has 2 aromatic rings. The standard InChI is InChI=1S/C24H27BrN2O5S/c1-13(2)11-24(22(31)32)12-15(21(29)30)18(19-26-8-9-33-19)27(24)20(28)14-6-7-16(17(25)10-14)23(3,4)5/h6-10,12-13,18H,11H2,1-5H3,(H,29,30)(H,31,32)/t18?,24-/m0/s1. The van der Waals surface area contributed by atoms with E-state index >= 15 is 0 Å². The maximum absolute atomic E-state index is 13.9. The summed E-state index contributed by atoms with van der Waals surface area (Å²) < 4.78 is 0.724. The summed E-state index contributed by atoms with van der Waals surface area (Å²) in [5.41, 5.74) is -0.881. The second-order valence-electron chi connectivity index (χ2n) is 9.62. The first-order valence-corrected chi connectivity index (χ1v) is 12.2. The summed E-state index contributed by atoms with van der Waals surface area (Å²) in [5.74, 6) is -3.23. The topological polar surface area (TPSA) is 108 Å². The number of aliphatic carboxylic acids is 2. The molecule has 2 heterocycles. The van der Waals surface area contributed by atoms with Gasteiger partial charge in [-0.2, -0.15) is 0 Å². The van der Waals surface area contributed by atoms with Crippen LogP contribution >= 0.6 is 27.3 Å². The van der Waals surface area contributed by atoms with Crippen LogP contribution in [0, 0.1) is 5.92 Å². The van der Waals surface area contributed by atoms with Crippen LogP contribution in [0.2, 0.25) is 0 Å². The Morgan fingerprint density at radius 3 is 2.36 bits per heavy atom. The van der Waals surface area contributed by atoms with E-state index in [1.165, 1.54) is 28.5 Å². The molecule has 0 saturated heterocycles. The van der Waals surface area contributed by atoms with Gasteiger partial charge in [0.25, 0.3) is 5.91 Å². The fraction of sp³-hybridized carbons (Fsp3) is 0.417. The van der Waals surface area contributed by atoms with E-state index in [1.807, 2.05) is 19.9 Å². The van der Waals surface area contributed by atoms with Crippen LogP contribution in [0.15, 0.2) is 45.9 Å². The molecule has 1 aromatic carbocycles. The van der Waals surface area contributed by atoms with Gasteiger partial charge in [0.2, 0.25) is 0 Å². The van der Waals surface area contributed by atoms with Crippen molar-refractivity contribution in [2.75, 3.05) is 0 Å². The number of hydrogen-bond donors (Lipinski definition) is 2. The number of carbonyl (C=O) groups is 3. The van der Waals surface area contributed by atoms with Crippen LogP contribution in [-0.2, 0) is 15.0 Å². The van der Waals surface area contributed by atoms with Gasteiger partial charge in [-0.3, -0.25) is 4.79 Å². The fourth-order valence-corrected chi connectivity index (χ4v) is 6.01. The zero-order valence-electron chi connectivity index (χ0n) is 19.1. The number of carboxylic acid groups (broad SMARTS) is 2. The summed E-state index contributed by atoms with van der Waals surface area (Å²) in [6.07, 6.45) is 2.80. The van der Waals surface area contributed by atoms with Gasteiger partial charge in [-0.25, -0.2) is 14.6 Å². The van der Waals surface area contributed by atoms with Gasteiger partial charge in [-0.15, -0.1) is 11.3 Å². The lowest BCUT2D eigenvalue weighted by atomic mass is 9.86. The fourth-order valence-electron chi connectivity index (χ4n) is 4.29. The third kappa shape index (κ3) is 4.61. The molecule has 1 amide bonds. The first-order valence-electron chi connectivity index (χ1n) is 10.5. The molecule has 0 saturated carbocycles. The van der Waals surface area contributed by atoms with Crippen LogP contribution in [0.3, 0.4) is 0 Å². The molecule has 0 radical (unpaired) electrons. The average Bonchev–Trinajstić information content (AvgIpc) is 3.32. The monoisotopic (exact) mass is 534 g/mol. The predicted molar refractivity (Wildman–Crippen MR) is 129 cm³/mol. The number of amides is 1. The van der Waals surface area contributed by atoms with Crippen molar-refractivity contribution in [2.24, 2.45) is 5.92 Å². The second kappa shape index (κ2) is 9.02. The average molecular weight is 535 g/mol. The smallest absolute Gasteiger partial charge is 0.333 e. The molecule has 3 rings (SSSR count). The van der Waals surface area contributed by atoms with E-state index in [9.17, 15) is 24.6 Å². The van der Waals surface area contributed by atoms with E-state index in [-0.39, 0.29) is 28.9 Å². The highest BCUT2D eigenvalue weighted by atomic mass is 79.9. The van der Waals surface area contributed by atoms with Gasteiger partial charge < -0.3 is 15.1 Å². The van der Waals surface area contributed by atoms with Crippen molar-refractivity contribution in [3.63, 3.8) is 0 Å². The number of carbonyl (C=O) groups excluding carboxylic acids is 1. The van der Waals surface area contributed by atoms with Crippen molar-refractivity contribution in [2.45, 2.75) is 58.0 Å². The lowest BCUT2D eigenvalue weighted by molar-refractivity contribution is -0.148. The van der Waals surface area contributed by atoms with Gasteiger partial charge in [0.1, 0.15) is 11.0 Å². The Kier molecular flexibility index (Phi) is 6.87. The van der Waals surface area contributed by atoms with E-state index < -0.39 is 29.4 Å². The van der Waals surface area contributed by atoms with Crippen LogP contribution < -0.4 is 0 Å². The molecule has 0 bridgehead atoms. The SMILES string of the molecule is CC(C)C[C@@]1(C(=O)O)C=C(C(=O)O)C(c2nccs2)N1C(=O)c1ccc(C(C)(C)C)c(Br)c1. The first kappa shape index (κ1) is 25.1. The molecule has 1 aliphatic rings. The lowest BCUT2D eigenvalue weighted by Crippen LogP contribution is -2.54. The molecule has 0 aliphatic carbocycles.